The summed E-state index contributed by atoms with van der Waals surface area (Å²) in [4.78, 5) is 2.77. The van der Waals surface area contributed by atoms with E-state index in [0.717, 1.165) is 5.92 Å². The number of likely N-dealkylation sites (tertiary alicyclic amines) is 1. The molecule has 0 radical (unpaired) electrons. The molecule has 0 amide bonds. The molecule has 2 fully saturated rings. The molecule has 1 aliphatic heterocycles. The number of nitrogens with one attached hydrogen (secondary N) is 1. The van der Waals surface area contributed by atoms with E-state index in [0.29, 0.717) is 11.6 Å². The fourth-order valence-electron chi connectivity index (χ4n) is 3.49. The van der Waals surface area contributed by atoms with E-state index in [9.17, 15) is 0 Å². The first-order valence-electron chi connectivity index (χ1n) is 8.63. The lowest BCUT2D eigenvalue weighted by molar-refractivity contribution is 0.0777. The quantitative estimate of drug-likeness (QED) is 0.754. The van der Waals surface area contributed by atoms with E-state index in [4.69, 9.17) is 0 Å². The Labute approximate surface area is 120 Å². The predicted octanol–water partition coefficient (Wildman–Crippen LogP) is 3.81. The molecular formula is C17H34N2. The monoisotopic (exact) mass is 266 g/mol. The van der Waals surface area contributed by atoms with Crippen molar-refractivity contribution in [1.82, 2.24) is 10.2 Å². The summed E-state index contributed by atoms with van der Waals surface area (Å²) in [6.45, 7) is 11.0. The predicted molar refractivity (Wildman–Crippen MR) is 83.5 cm³/mol. The molecule has 112 valence electrons. The molecule has 1 unspecified atom stereocenters. The lowest BCUT2D eigenvalue weighted by Gasteiger charge is -2.44. The van der Waals surface area contributed by atoms with E-state index >= 15 is 0 Å². The average molecular weight is 266 g/mol. The average Bonchev–Trinajstić information content (AvgIpc) is 3.20. The second-order valence-electron chi connectivity index (χ2n) is 7.24. The molecule has 2 aliphatic rings. The Hall–Kier alpha value is -0.0800. The molecule has 0 aromatic carbocycles. The van der Waals surface area contributed by atoms with Crippen LogP contribution >= 0.6 is 0 Å². The first-order chi connectivity index (χ1) is 9.14. The standard InChI is InChI=1S/C17H34N2/c1-4-11-18-16(14-15-9-10-15)17(2,3)19-12-7-5-6-8-13-19/h15-16,18H,4-14H2,1-3H3. The summed E-state index contributed by atoms with van der Waals surface area (Å²) < 4.78 is 0. The largest absolute Gasteiger partial charge is 0.312 e. The van der Waals surface area contributed by atoms with Crippen LogP contribution in [0.4, 0.5) is 0 Å². The normalized spacial score (nSPS) is 24.2. The molecule has 1 aliphatic carbocycles. The fraction of sp³-hybridized carbons (Fsp3) is 1.00. The molecular weight excluding hydrogens is 232 g/mol. The molecule has 1 atom stereocenters. The first kappa shape index (κ1) is 15.3. The molecule has 2 heteroatoms. The molecule has 1 saturated heterocycles. The van der Waals surface area contributed by atoms with E-state index in [1.165, 1.54) is 71.0 Å². The van der Waals surface area contributed by atoms with Crippen LogP contribution in [0.25, 0.3) is 0 Å². The molecule has 0 aromatic heterocycles. The minimum atomic E-state index is 0.322. The van der Waals surface area contributed by atoms with Crippen LogP contribution in [-0.2, 0) is 0 Å². The SMILES string of the molecule is CCCNC(CC1CC1)C(C)(C)N1CCCCCC1. The van der Waals surface area contributed by atoms with Gasteiger partial charge < -0.3 is 5.32 Å². The van der Waals surface area contributed by atoms with Crippen molar-refractivity contribution in [3.8, 4) is 0 Å². The Morgan fingerprint density at radius 3 is 2.26 bits per heavy atom. The second kappa shape index (κ2) is 7.08. The Kier molecular flexibility index (Phi) is 5.70. The van der Waals surface area contributed by atoms with E-state index in [-0.39, 0.29) is 0 Å². The van der Waals surface area contributed by atoms with E-state index in [1.54, 1.807) is 0 Å². The lowest BCUT2D eigenvalue weighted by atomic mass is 9.87. The van der Waals surface area contributed by atoms with Gasteiger partial charge in [0.1, 0.15) is 0 Å². The third-order valence-electron chi connectivity index (χ3n) is 5.18. The van der Waals surface area contributed by atoms with Gasteiger partial charge in [0.15, 0.2) is 0 Å². The molecule has 2 nitrogen and oxygen atoms in total. The highest BCUT2D eigenvalue weighted by molar-refractivity contribution is 4.97. The Bertz CT molecular complexity index is 250. The van der Waals surface area contributed by atoms with Crippen LogP contribution in [0, 0.1) is 5.92 Å². The topological polar surface area (TPSA) is 15.3 Å². The second-order valence-corrected chi connectivity index (χ2v) is 7.24. The first-order valence-corrected chi connectivity index (χ1v) is 8.63. The van der Waals surface area contributed by atoms with Gasteiger partial charge in [0.2, 0.25) is 0 Å². The van der Waals surface area contributed by atoms with E-state index in [1.807, 2.05) is 0 Å². The number of nitrogens with zero attached hydrogens (tertiary/aromatic N) is 1. The molecule has 0 spiro atoms. The highest BCUT2D eigenvalue weighted by atomic mass is 15.2. The zero-order chi connectivity index (χ0) is 13.7. The maximum atomic E-state index is 3.86. The van der Waals surface area contributed by atoms with Crippen LogP contribution in [0.2, 0.25) is 0 Å². The van der Waals surface area contributed by atoms with Gasteiger partial charge in [-0.15, -0.1) is 0 Å². The van der Waals surface area contributed by atoms with Gasteiger partial charge >= 0.3 is 0 Å². The van der Waals surface area contributed by atoms with Gasteiger partial charge in [0.25, 0.3) is 0 Å². The van der Waals surface area contributed by atoms with Crippen LogP contribution in [0.15, 0.2) is 0 Å². The van der Waals surface area contributed by atoms with Crippen molar-refractivity contribution < 1.29 is 0 Å². The van der Waals surface area contributed by atoms with Crippen molar-refractivity contribution in [2.75, 3.05) is 19.6 Å². The smallest absolute Gasteiger partial charge is 0.0306 e. The van der Waals surface area contributed by atoms with Crippen molar-refractivity contribution >= 4 is 0 Å². The summed E-state index contributed by atoms with van der Waals surface area (Å²) in [6.07, 6.45) is 11.2. The summed E-state index contributed by atoms with van der Waals surface area (Å²) in [5.41, 5.74) is 0.322. The third-order valence-corrected chi connectivity index (χ3v) is 5.18. The highest BCUT2D eigenvalue weighted by Crippen LogP contribution is 2.37. The van der Waals surface area contributed by atoms with Crippen molar-refractivity contribution in [3.63, 3.8) is 0 Å². The van der Waals surface area contributed by atoms with Crippen LogP contribution in [-0.4, -0.2) is 36.1 Å². The fourth-order valence-corrected chi connectivity index (χ4v) is 3.49. The summed E-state index contributed by atoms with van der Waals surface area (Å²) in [5.74, 6) is 1.01. The highest BCUT2D eigenvalue weighted by Gasteiger charge is 2.38. The number of rotatable bonds is 7. The Balaban J connectivity index is 1.97. The van der Waals surface area contributed by atoms with Gasteiger partial charge in [-0.2, -0.15) is 0 Å². The van der Waals surface area contributed by atoms with Crippen molar-refractivity contribution in [1.29, 1.82) is 0 Å². The summed E-state index contributed by atoms with van der Waals surface area (Å²) >= 11 is 0. The van der Waals surface area contributed by atoms with Gasteiger partial charge in [0.05, 0.1) is 0 Å². The van der Waals surface area contributed by atoms with Gasteiger partial charge in [-0.25, -0.2) is 0 Å². The molecule has 1 heterocycles. The molecule has 1 saturated carbocycles. The van der Waals surface area contributed by atoms with Crippen molar-refractivity contribution in [2.24, 2.45) is 5.92 Å². The van der Waals surface area contributed by atoms with Crippen LogP contribution in [0.3, 0.4) is 0 Å². The molecule has 19 heavy (non-hydrogen) atoms. The maximum absolute atomic E-state index is 3.86. The molecule has 0 aromatic rings. The van der Waals surface area contributed by atoms with Gasteiger partial charge in [0, 0.05) is 11.6 Å². The number of hydrogen-bond donors (Lipinski definition) is 1. The minimum absolute atomic E-state index is 0.322. The Morgan fingerprint density at radius 1 is 1.11 bits per heavy atom. The van der Waals surface area contributed by atoms with Crippen LogP contribution < -0.4 is 5.32 Å². The van der Waals surface area contributed by atoms with Gasteiger partial charge in [-0.1, -0.05) is 32.6 Å². The minimum Gasteiger partial charge on any atom is -0.312 e. The molecule has 2 rings (SSSR count). The summed E-state index contributed by atoms with van der Waals surface area (Å²) in [6, 6.07) is 0.679. The maximum Gasteiger partial charge on any atom is 0.0306 e. The summed E-state index contributed by atoms with van der Waals surface area (Å²) in [7, 11) is 0. The number of hydrogen-bond acceptors (Lipinski definition) is 2. The zero-order valence-electron chi connectivity index (χ0n) is 13.4. The van der Waals surface area contributed by atoms with E-state index < -0.39 is 0 Å². The molecule has 1 N–H and O–H groups in total. The third kappa shape index (κ3) is 4.46. The van der Waals surface area contributed by atoms with Crippen molar-refractivity contribution in [2.45, 2.75) is 83.7 Å². The zero-order valence-corrected chi connectivity index (χ0v) is 13.4. The van der Waals surface area contributed by atoms with Crippen LogP contribution in [0.1, 0.15) is 72.1 Å². The Morgan fingerprint density at radius 2 is 1.74 bits per heavy atom. The molecule has 0 bridgehead atoms. The van der Waals surface area contributed by atoms with Crippen LogP contribution in [0.5, 0.6) is 0 Å². The van der Waals surface area contributed by atoms with Crippen molar-refractivity contribution in [3.05, 3.63) is 0 Å². The van der Waals surface area contributed by atoms with E-state index in [2.05, 4.69) is 31.0 Å². The summed E-state index contributed by atoms with van der Waals surface area (Å²) in [5, 5.41) is 3.86. The van der Waals surface area contributed by atoms with Gasteiger partial charge in [-0.05, 0) is 65.1 Å². The lowest BCUT2D eigenvalue weighted by Crippen LogP contribution is -2.58. The van der Waals surface area contributed by atoms with Gasteiger partial charge in [-0.3, -0.25) is 4.90 Å².